The summed E-state index contributed by atoms with van der Waals surface area (Å²) in [5.41, 5.74) is 7.64. The maximum Gasteiger partial charge on any atom is 0.101 e. The van der Waals surface area contributed by atoms with E-state index in [1.54, 1.807) is 0 Å². The highest BCUT2D eigenvalue weighted by atomic mass is 35.5. The van der Waals surface area contributed by atoms with Crippen LogP contribution >= 0.6 is 11.6 Å². The van der Waals surface area contributed by atoms with Crippen molar-refractivity contribution in [3.05, 3.63) is 33.8 Å². The minimum atomic E-state index is 0.350. The molecule has 1 aromatic carbocycles. The molecule has 0 radical (unpaired) electrons. The molecule has 0 aliphatic rings. The average Bonchev–Trinajstić information content (AvgIpc) is 2.09. The van der Waals surface area contributed by atoms with E-state index in [0.29, 0.717) is 17.1 Å². The zero-order valence-electron chi connectivity index (χ0n) is 6.76. The predicted molar refractivity (Wildman–Crippen MR) is 48.8 cm³/mol. The van der Waals surface area contributed by atoms with E-state index in [1.165, 1.54) is 0 Å². The van der Waals surface area contributed by atoms with Crippen molar-refractivity contribution in [2.75, 3.05) is 0 Å². The Morgan fingerprint density at radius 2 is 2.25 bits per heavy atom. The topological polar surface area (TPSA) is 49.8 Å². The zero-order valence-corrected chi connectivity index (χ0v) is 7.52. The number of nitrogens with zero attached hydrogens (tertiary/aromatic N) is 1. The molecular formula is C9H9ClN2. The minimum absolute atomic E-state index is 0.350. The second kappa shape index (κ2) is 3.57. The van der Waals surface area contributed by atoms with Crippen LogP contribution in [0.15, 0.2) is 12.1 Å². The molecule has 0 heterocycles. The van der Waals surface area contributed by atoms with Crippen LogP contribution in [0, 0.1) is 18.3 Å². The molecule has 0 aliphatic carbocycles. The lowest BCUT2D eigenvalue weighted by Crippen LogP contribution is -2.00. The summed E-state index contributed by atoms with van der Waals surface area (Å²) in [4.78, 5) is 0. The maximum atomic E-state index is 8.76. The molecule has 1 rings (SSSR count). The van der Waals surface area contributed by atoms with Gasteiger partial charge < -0.3 is 5.73 Å². The third kappa shape index (κ3) is 1.42. The first-order valence-electron chi connectivity index (χ1n) is 3.59. The van der Waals surface area contributed by atoms with E-state index in [0.717, 1.165) is 11.1 Å². The molecule has 0 fully saturated rings. The van der Waals surface area contributed by atoms with E-state index in [1.807, 2.05) is 25.1 Å². The molecule has 3 heteroatoms. The van der Waals surface area contributed by atoms with Crippen molar-refractivity contribution in [1.29, 1.82) is 5.26 Å². The molecule has 0 atom stereocenters. The molecule has 0 spiro atoms. The van der Waals surface area contributed by atoms with Gasteiger partial charge in [0.2, 0.25) is 0 Å². The first-order valence-corrected chi connectivity index (χ1v) is 3.96. The monoisotopic (exact) mass is 180 g/mol. The van der Waals surface area contributed by atoms with Crippen LogP contribution in [-0.4, -0.2) is 0 Å². The molecular weight excluding hydrogens is 172 g/mol. The second-order valence-corrected chi connectivity index (χ2v) is 2.92. The van der Waals surface area contributed by atoms with Crippen LogP contribution in [0.5, 0.6) is 0 Å². The van der Waals surface area contributed by atoms with Crippen molar-refractivity contribution in [2.45, 2.75) is 13.5 Å². The van der Waals surface area contributed by atoms with Crippen LogP contribution in [0.3, 0.4) is 0 Å². The van der Waals surface area contributed by atoms with Gasteiger partial charge in [-0.1, -0.05) is 23.7 Å². The Morgan fingerprint density at radius 1 is 1.58 bits per heavy atom. The number of hydrogen-bond acceptors (Lipinski definition) is 2. The normalized spacial score (nSPS) is 9.50. The van der Waals surface area contributed by atoms with Gasteiger partial charge in [-0.2, -0.15) is 5.26 Å². The summed E-state index contributed by atoms with van der Waals surface area (Å²) < 4.78 is 0. The Bertz CT molecular complexity index is 339. The highest BCUT2D eigenvalue weighted by molar-refractivity contribution is 6.32. The molecule has 12 heavy (non-hydrogen) atoms. The summed E-state index contributed by atoms with van der Waals surface area (Å²) in [5, 5.41) is 9.28. The molecule has 62 valence electrons. The number of nitriles is 1. The van der Waals surface area contributed by atoms with Crippen molar-refractivity contribution in [2.24, 2.45) is 5.73 Å². The molecule has 0 saturated carbocycles. The van der Waals surface area contributed by atoms with Gasteiger partial charge in [0.15, 0.2) is 0 Å². The lowest BCUT2D eigenvalue weighted by atomic mass is 10.1. The van der Waals surface area contributed by atoms with Gasteiger partial charge in [0.1, 0.15) is 6.07 Å². The Morgan fingerprint density at radius 3 is 2.75 bits per heavy atom. The molecule has 0 bridgehead atoms. The molecule has 2 N–H and O–H groups in total. The summed E-state index contributed by atoms with van der Waals surface area (Å²) in [6.07, 6.45) is 0. The summed E-state index contributed by atoms with van der Waals surface area (Å²) >= 11 is 5.90. The van der Waals surface area contributed by atoms with Gasteiger partial charge in [0, 0.05) is 6.54 Å². The highest BCUT2D eigenvalue weighted by Crippen LogP contribution is 2.22. The standard InChI is InChI=1S/C9H9ClN2/c1-6-2-3-7(4-11)8(5-12)9(6)10/h2-3H,4,11H2,1H3. The van der Waals surface area contributed by atoms with Gasteiger partial charge in [-0.15, -0.1) is 0 Å². The van der Waals surface area contributed by atoms with E-state index in [9.17, 15) is 0 Å². The van der Waals surface area contributed by atoms with Crippen molar-refractivity contribution < 1.29 is 0 Å². The summed E-state index contributed by atoms with van der Waals surface area (Å²) in [6.45, 7) is 2.21. The van der Waals surface area contributed by atoms with Gasteiger partial charge in [-0.3, -0.25) is 0 Å². The first-order chi connectivity index (χ1) is 5.70. The van der Waals surface area contributed by atoms with Crippen molar-refractivity contribution in [3.8, 4) is 6.07 Å². The molecule has 0 aromatic heterocycles. The average molecular weight is 181 g/mol. The molecule has 0 aliphatic heterocycles. The van der Waals surface area contributed by atoms with Gasteiger partial charge in [0.05, 0.1) is 10.6 Å². The molecule has 2 nitrogen and oxygen atoms in total. The second-order valence-electron chi connectivity index (χ2n) is 2.55. The fourth-order valence-corrected chi connectivity index (χ4v) is 1.24. The van der Waals surface area contributed by atoms with Gasteiger partial charge >= 0.3 is 0 Å². The Labute approximate surface area is 76.6 Å². The smallest absolute Gasteiger partial charge is 0.101 e. The van der Waals surface area contributed by atoms with Crippen LogP contribution in [0.1, 0.15) is 16.7 Å². The number of hydrogen-bond donors (Lipinski definition) is 1. The van der Waals surface area contributed by atoms with E-state index >= 15 is 0 Å². The number of benzene rings is 1. The van der Waals surface area contributed by atoms with Crippen LogP contribution in [0.2, 0.25) is 5.02 Å². The fraction of sp³-hybridized carbons (Fsp3) is 0.222. The van der Waals surface area contributed by atoms with Crippen LogP contribution in [0.4, 0.5) is 0 Å². The molecule has 0 unspecified atom stereocenters. The third-order valence-electron chi connectivity index (χ3n) is 1.75. The number of rotatable bonds is 1. The SMILES string of the molecule is Cc1ccc(CN)c(C#N)c1Cl. The molecule has 0 saturated heterocycles. The Kier molecular flexibility index (Phi) is 2.69. The number of halogens is 1. The summed E-state index contributed by atoms with van der Waals surface area (Å²) in [6, 6.07) is 5.74. The molecule has 1 aromatic rings. The molecule has 0 amide bonds. The van der Waals surface area contributed by atoms with Crippen LogP contribution in [-0.2, 0) is 6.54 Å². The van der Waals surface area contributed by atoms with Gasteiger partial charge in [-0.25, -0.2) is 0 Å². The zero-order chi connectivity index (χ0) is 9.14. The van der Waals surface area contributed by atoms with E-state index in [2.05, 4.69) is 0 Å². The van der Waals surface area contributed by atoms with E-state index in [-0.39, 0.29) is 0 Å². The Hall–Kier alpha value is -1.04. The van der Waals surface area contributed by atoms with E-state index in [4.69, 9.17) is 22.6 Å². The van der Waals surface area contributed by atoms with Crippen molar-refractivity contribution in [3.63, 3.8) is 0 Å². The largest absolute Gasteiger partial charge is 0.326 e. The third-order valence-corrected chi connectivity index (χ3v) is 2.24. The van der Waals surface area contributed by atoms with Crippen molar-refractivity contribution in [1.82, 2.24) is 0 Å². The Balaban J connectivity index is 3.38. The highest BCUT2D eigenvalue weighted by Gasteiger charge is 2.06. The quantitative estimate of drug-likeness (QED) is 0.719. The number of nitrogens with two attached hydrogens (primary N) is 1. The minimum Gasteiger partial charge on any atom is -0.326 e. The predicted octanol–water partition coefficient (Wildman–Crippen LogP) is 1.98. The van der Waals surface area contributed by atoms with Crippen LogP contribution < -0.4 is 5.73 Å². The van der Waals surface area contributed by atoms with Crippen LogP contribution in [0.25, 0.3) is 0 Å². The maximum absolute atomic E-state index is 8.76. The van der Waals surface area contributed by atoms with Gasteiger partial charge in [-0.05, 0) is 18.1 Å². The fourth-order valence-electron chi connectivity index (χ4n) is 1.01. The lowest BCUT2D eigenvalue weighted by molar-refractivity contribution is 1.06. The van der Waals surface area contributed by atoms with Gasteiger partial charge in [0.25, 0.3) is 0 Å². The summed E-state index contributed by atoms with van der Waals surface area (Å²) in [5.74, 6) is 0. The van der Waals surface area contributed by atoms with E-state index < -0.39 is 0 Å². The van der Waals surface area contributed by atoms with Crippen molar-refractivity contribution >= 4 is 11.6 Å². The first kappa shape index (κ1) is 9.05. The number of aryl methyl sites for hydroxylation is 1. The lowest BCUT2D eigenvalue weighted by Gasteiger charge is -2.04. The summed E-state index contributed by atoms with van der Waals surface area (Å²) in [7, 11) is 0.